The van der Waals surface area contributed by atoms with Crippen molar-refractivity contribution in [2.45, 2.75) is 17.6 Å². The van der Waals surface area contributed by atoms with Crippen LogP contribution in [0.25, 0.3) is 0 Å². The van der Waals surface area contributed by atoms with E-state index in [0.717, 1.165) is 17.7 Å². The average Bonchev–Trinajstić information content (AvgIpc) is 2.36. The van der Waals surface area contributed by atoms with Crippen LogP contribution in [-0.2, 0) is 16.6 Å². The molecule has 2 nitrogen and oxygen atoms in total. The minimum absolute atomic E-state index is 0.102. The summed E-state index contributed by atoms with van der Waals surface area (Å²) >= 11 is 0. The monoisotopic (exact) mass is 281 g/mol. The minimum Gasteiger partial charge on any atom is -0.398 e. The summed E-state index contributed by atoms with van der Waals surface area (Å²) in [6.07, 6.45) is 0. The molecule has 0 heterocycles. The Labute approximate surface area is 112 Å². The highest BCUT2D eigenvalue weighted by atomic mass is 32.2. The number of halogens is 2. The van der Waals surface area contributed by atoms with Crippen LogP contribution in [0.15, 0.2) is 41.3 Å². The number of nitrogen functional groups attached to an aromatic ring is 1. The minimum atomic E-state index is -1.39. The molecule has 0 bridgehead atoms. The fraction of sp³-hybridized carbons (Fsp3) is 0.143. The molecule has 1 atom stereocenters. The lowest BCUT2D eigenvalue weighted by Crippen LogP contribution is -2.02. The summed E-state index contributed by atoms with van der Waals surface area (Å²) in [7, 11) is -1.39. The molecule has 2 aromatic carbocycles. The van der Waals surface area contributed by atoms with Crippen molar-refractivity contribution in [3.8, 4) is 0 Å². The fourth-order valence-electron chi connectivity index (χ4n) is 1.70. The van der Waals surface area contributed by atoms with Crippen molar-refractivity contribution in [3.05, 3.63) is 59.2 Å². The zero-order valence-electron chi connectivity index (χ0n) is 10.3. The molecule has 0 aliphatic heterocycles. The molecule has 2 aromatic rings. The van der Waals surface area contributed by atoms with Crippen LogP contribution >= 0.6 is 0 Å². The molecular formula is C14H13F2NOS. The van der Waals surface area contributed by atoms with Crippen molar-refractivity contribution in [2.24, 2.45) is 0 Å². The topological polar surface area (TPSA) is 43.1 Å². The lowest BCUT2D eigenvalue weighted by molar-refractivity contribution is 0.507. The van der Waals surface area contributed by atoms with Gasteiger partial charge in [-0.05, 0) is 42.3 Å². The number of hydrogen-bond acceptors (Lipinski definition) is 2. The largest absolute Gasteiger partial charge is 0.398 e. The zero-order valence-corrected chi connectivity index (χ0v) is 11.1. The van der Waals surface area contributed by atoms with Gasteiger partial charge < -0.3 is 5.73 Å². The molecule has 5 heteroatoms. The van der Waals surface area contributed by atoms with Crippen LogP contribution in [0.4, 0.5) is 14.5 Å². The van der Waals surface area contributed by atoms with Crippen molar-refractivity contribution in [1.29, 1.82) is 0 Å². The van der Waals surface area contributed by atoms with E-state index in [1.165, 1.54) is 6.07 Å². The molecular weight excluding hydrogens is 268 g/mol. The maximum absolute atomic E-state index is 13.1. The van der Waals surface area contributed by atoms with Crippen molar-refractivity contribution in [2.75, 3.05) is 5.73 Å². The van der Waals surface area contributed by atoms with Gasteiger partial charge in [0.2, 0.25) is 0 Å². The molecule has 0 radical (unpaired) electrons. The highest BCUT2D eigenvalue weighted by Crippen LogP contribution is 2.21. The Bertz CT molecular complexity index is 643. The quantitative estimate of drug-likeness (QED) is 0.878. The van der Waals surface area contributed by atoms with E-state index in [1.807, 2.05) is 13.0 Å². The second-order valence-electron chi connectivity index (χ2n) is 4.28. The third kappa shape index (κ3) is 3.17. The van der Waals surface area contributed by atoms with Gasteiger partial charge in [-0.15, -0.1) is 0 Å². The predicted octanol–water partition coefficient (Wildman–Crippen LogP) is 3.16. The van der Waals surface area contributed by atoms with Crippen LogP contribution in [0.1, 0.15) is 11.1 Å². The van der Waals surface area contributed by atoms with E-state index in [4.69, 9.17) is 5.73 Å². The number of nitrogens with two attached hydrogens (primary N) is 1. The van der Waals surface area contributed by atoms with E-state index in [0.29, 0.717) is 16.1 Å². The average molecular weight is 281 g/mol. The SMILES string of the molecule is Cc1ccc(N)c(S(=O)Cc2ccc(F)c(F)c2)c1. The molecule has 100 valence electrons. The predicted molar refractivity (Wildman–Crippen MR) is 72.1 cm³/mol. The van der Waals surface area contributed by atoms with Crippen LogP contribution in [0.2, 0.25) is 0 Å². The molecule has 0 aliphatic rings. The molecule has 2 rings (SSSR count). The second-order valence-corrected chi connectivity index (χ2v) is 5.70. The molecule has 19 heavy (non-hydrogen) atoms. The van der Waals surface area contributed by atoms with Gasteiger partial charge in [0, 0.05) is 5.69 Å². The van der Waals surface area contributed by atoms with Gasteiger partial charge in [0.1, 0.15) is 0 Å². The second kappa shape index (κ2) is 5.48. The molecule has 0 saturated carbocycles. The first-order chi connectivity index (χ1) is 8.97. The van der Waals surface area contributed by atoms with E-state index in [2.05, 4.69) is 0 Å². The first-order valence-electron chi connectivity index (χ1n) is 5.66. The maximum Gasteiger partial charge on any atom is 0.159 e. The molecule has 1 unspecified atom stereocenters. The Hall–Kier alpha value is -1.75. The Morgan fingerprint density at radius 2 is 1.84 bits per heavy atom. The summed E-state index contributed by atoms with van der Waals surface area (Å²) in [6, 6.07) is 8.76. The van der Waals surface area contributed by atoms with Crippen LogP contribution in [0.5, 0.6) is 0 Å². The van der Waals surface area contributed by atoms with E-state index < -0.39 is 22.4 Å². The number of rotatable bonds is 3. The standard InChI is InChI=1S/C14H13F2NOS/c1-9-2-5-13(17)14(6-9)19(18)8-10-3-4-11(15)12(16)7-10/h2-7H,8,17H2,1H3. The molecule has 0 aliphatic carbocycles. The van der Waals surface area contributed by atoms with E-state index in [-0.39, 0.29) is 5.75 Å². The molecule has 0 fully saturated rings. The number of anilines is 1. The zero-order chi connectivity index (χ0) is 14.0. The van der Waals surface area contributed by atoms with Crippen molar-refractivity contribution in [1.82, 2.24) is 0 Å². The Balaban J connectivity index is 2.25. The van der Waals surface area contributed by atoms with Gasteiger partial charge in [-0.1, -0.05) is 12.1 Å². The van der Waals surface area contributed by atoms with Crippen LogP contribution < -0.4 is 5.73 Å². The third-order valence-electron chi connectivity index (χ3n) is 2.70. The van der Waals surface area contributed by atoms with Crippen molar-refractivity contribution >= 4 is 16.5 Å². The number of aryl methyl sites for hydroxylation is 1. The third-order valence-corrected chi connectivity index (χ3v) is 4.14. The summed E-state index contributed by atoms with van der Waals surface area (Å²) < 4.78 is 38.1. The van der Waals surface area contributed by atoms with Gasteiger partial charge in [0.25, 0.3) is 0 Å². The molecule has 0 spiro atoms. The van der Waals surface area contributed by atoms with E-state index >= 15 is 0 Å². The molecule has 0 amide bonds. The summed E-state index contributed by atoms with van der Waals surface area (Å²) in [4.78, 5) is 0.518. The van der Waals surface area contributed by atoms with Crippen molar-refractivity contribution in [3.63, 3.8) is 0 Å². The fourth-order valence-corrected chi connectivity index (χ4v) is 2.98. The summed E-state index contributed by atoms with van der Waals surface area (Å²) in [6.45, 7) is 1.87. The smallest absolute Gasteiger partial charge is 0.159 e. The van der Waals surface area contributed by atoms with Gasteiger partial charge in [0.05, 0.1) is 21.4 Å². The first kappa shape index (κ1) is 13.7. The normalized spacial score (nSPS) is 12.4. The Morgan fingerprint density at radius 3 is 2.53 bits per heavy atom. The van der Waals surface area contributed by atoms with Crippen LogP contribution in [-0.4, -0.2) is 4.21 Å². The van der Waals surface area contributed by atoms with Crippen LogP contribution in [0, 0.1) is 18.6 Å². The highest BCUT2D eigenvalue weighted by molar-refractivity contribution is 7.84. The maximum atomic E-state index is 13.1. The van der Waals surface area contributed by atoms with Crippen molar-refractivity contribution < 1.29 is 13.0 Å². The van der Waals surface area contributed by atoms with E-state index in [1.54, 1.807) is 12.1 Å². The highest BCUT2D eigenvalue weighted by Gasteiger charge is 2.11. The van der Waals surface area contributed by atoms with Gasteiger partial charge >= 0.3 is 0 Å². The first-order valence-corrected chi connectivity index (χ1v) is 6.97. The van der Waals surface area contributed by atoms with Gasteiger partial charge in [-0.25, -0.2) is 8.78 Å². The molecule has 0 aromatic heterocycles. The summed E-state index contributed by atoms with van der Waals surface area (Å²) in [5.74, 6) is -1.75. The van der Waals surface area contributed by atoms with Crippen LogP contribution in [0.3, 0.4) is 0 Å². The summed E-state index contributed by atoms with van der Waals surface area (Å²) in [5.41, 5.74) is 7.63. The lowest BCUT2D eigenvalue weighted by Gasteiger charge is -2.07. The Kier molecular flexibility index (Phi) is 3.95. The van der Waals surface area contributed by atoms with Gasteiger partial charge in [0.15, 0.2) is 11.6 Å². The number of hydrogen-bond donors (Lipinski definition) is 1. The number of benzene rings is 2. The molecule has 0 saturated heterocycles. The van der Waals surface area contributed by atoms with E-state index in [9.17, 15) is 13.0 Å². The van der Waals surface area contributed by atoms with Gasteiger partial charge in [-0.2, -0.15) is 0 Å². The van der Waals surface area contributed by atoms with Gasteiger partial charge in [-0.3, -0.25) is 4.21 Å². The Morgan fingerprint density at radius 1 is 1.11 bits per heavy atom. The molecule has 2 N–H and O–H groups in total. The lowest BCUT2D eigenvalue weighted by atomic mass is 10.2. The summed E-state index contributed by atoms with van der Waals surface area (Å²) in [5, 5.41) is 0.